The Morgan fingerprint density at radius 1 is 0.812 bits per heavy atom. The average Bonchev–Trinajstić information content (AvgIpc) is 3.08. The van der Waals surface area contributed by atoms with Crippen LogP contribution in [0.25, 0.3) is 11.3 Å². The molecule has 12 nitrogen and oxygen atoms in total. The average molecular weight is 657 g/mol. The molecular weight excluding hydrogens is 612 g/mol. The van der Waals surface area contributed by atoms with Gasteiger partial charge in [0.15, 0.2) is 11.5 Å². The maximum Gasteiger partial charge on any atom is 0.418 e. The molecule has 0 radical (unpaired) electrons. The Hall–Kier alpha value is -5.07. The lowest BCUT2D eigenvalue weighted by molar-refractivity contribution is 0.133. The van der Waals surface area contributed by atoms with Crippen molar-refractivity contribution in [3.05, 3.63) is 71.3 Å². The maximum atomic E-state index is 13.1. The third-order valence-electron chi connectivity index (χ3n) is 8.56. The van der Waals surface area contributed by atoms with E-state index in [1.54, 1.807) is 38.5 Å². The highest BCUT2D eigenvalue weighted by molar-refractivity contribution is 5.88. The van der Waals surface area contributed by atoms with Crippen molar-refractivity contribution in [3.63, 3.8) is 0 Å². The topological polar surface area (TPSA) is 120 Å². The second-order valence-corrected chi connectivity index (χ2v) is 11.7. The van der Waals surface area contributed by atoms with Gasteiger partial charge in [-0.05, 0) is 68.8 Å². The van der Waals surface area contributed by atoms with Crippen LogP contribution in [0.3, 0.4) is 0 Å². The van der Waals surface area contributed by atoms with Crippen molar-refractivity contribution in [2.24, 2.45) is 0 Å². The number of aryl methyl sites for hydroxylation is 1. The minimum Gasteiger partial charge on any atom is -0.497 e. The van der Waals surface area contributed by atoms with E-state index in [1.807, 2.05) is 37.3 Å². The first-order valence-corrected chi connectivity index (χ1v) is 15.8. The van der Waals surface area contributed by atoms with Crippen LogP contribution in [-0.4, -0.2) is 93.6 Å². The molecule has 254 valence electrons. The van der Waals surface area contributed by atoms with Gasteiger partial charge in [0.1, 0.15) is 18.1 Å². The Morgan fingerprint density at radius 2 is 1.58 bits per heavy atom. The van der Waals surface area contributed by atoms with Crippen LogP contribution in [0.2, 0.25) is 0 Å². The highest BCUT2D eigenvalue weighted by Crippen LogP contribution is 2.34. The zero-order valence-corrected chi connectivity index (χ0v) is 28.7. The number of nitrogens with zero attached hydrogens (tertiary/aromatic N) is 4. The van der Waals surface area contributed by atoms with E-state index in [0.717, 1.165) is 49.4 Å². The number of benzene rings is 3. The van der Waals surface area contributed by atoms with Gasteiger partial charge in [0.05, 0.1) is 32.7 Å². The highest BCUT2D eigenvalue weighted by atomic mass is 16.6. The number of amides is 1. The molecule has 2 heterocycles. The summed E-state index contributed by atoms with van der Waals surface area (Å²) in [6.07, 6.45) is -0.745. The number of aromatic nitrogens is 2. The molecular formula is C36H44N6O6. The van der Waals surface area contributed by atoms with Crippen molar-refractivity contribution >= 4 is 23.4 Å². The van der Waals surface area contributed by atoms with E-state index in [1.165, 1.54) is 12.7 Å². The van der Waals surface area contributed by atoms with Crippen molar-refractivity contribution in [3.8, 4) is 40.1 Å². The predicted octanol–water partition coefficient (Wildman–Crippen LogP) is 6.08. The van der Waals surface area contributed by atoms with Gasteiger partial charge < -0.3 is 33.9 Å². The zero-order valence-electron chi connectivity index (χ0n) is 28.7. The van der Waals surface area contributed by atoms with Crippen molar-refractivity contribution in [2.75, 3.05) is 78.3 Å². The number of carbonyl (C=O) groups excluding carboxylic acids is 1. The van der Waals surface area contributed by atoms with E-state index in [2.05, 4.69) is 46.3 Å². The lowest BCUT2D eigenvalue weighted by atomic mass is 9.97. The predicted molar refractivity (Wildman–Crippen MR) is 187 cm³/mol. The normalized spacial score (nSPS) is 13.5. The van der Waals surface area contributed by atoms with Crippen molar-refractivity contribution in [1.29, 1.82) is 0 Å². The molecule has 1 amide bonds. The van der Waals surface area contributed by atoms with Crippen molar-refractivity contribution in [2.45, 2.75) is 20.8 Å². The minimum absolute atomic E-state index is 0.0564. The van der Waals surface area contributed by atoms with Crippen LogP contribution in [0.15, 0.2) is 54.6 Å². The van der Waals surface area contributed by atoms with Gasteiger partial charge in [-0.3, -0.25) is 10.2 Å². The van der Waals surface area contributed by atoms with Crippen LogP contribution in [0.1, 0.15) is 16.7 Å². The molecule has 12 heteroatoms. The molecule has 0 aliphatic carbocycles. The molecule has 4 aromatic rings. The summed E-state index contributed by atoms with van der Waals surface area (Å²) in [4.78, 5) is 27.1. The van der Waals surface area contributed by atoms with Gasteiger partial charge in [0, 0.05) is 62.2 Å². The van der Waals surface area contributed by atoms with E-state index in [9.17, 15) is 4.79 Å². The summed E-state index contributed by atoms with van der Waals surface area (Å²) < 4.78 is 28.1. The number of hydrogen-bond acceptors (Lipinski definition) is 11. The number of hydrogen-bond donors (Lipinski definition) is 2. The van der Waals surface area contributed by atoms with Gasteiger partial charge >= 0.3 is 6.09 Å². The van der Waals surface area contributed by atoms with Crippen LogP contribution in [0.5, 0.6) is 28.9 Å². The summed E-state index contributed by atoms with van der Waals surface area (Å²) in [7, 11) is 6.81. The Balaban J connectivity index is 1.37. The van der Waals surface area contributed by atoms with E-state index < -0.39 is 6.09 Å². The van der Waals surface area contributed by atoms with Gasteiger partial charge in [-0.15, -0.1) is 0 Å². The largest absolute Gasteiger partial charge is 0.497 e. The third-order valence-corrected chi connectivity index (χ3v) is 8.56. The van der Waals surface area contributed by atoms with E-state index in [-0.39, 0.29) is 11.8 Å². The first-order chi connectivity index (χ1) is 23.2. The molecule has 0 unspecified atom stereocenters. The molecule has 0 saturated carbocycles. The molecule has 0 spiro atoms. The molecule has 1 aliphatic rings. The van der Waals surface area contributed by atoms with Gasteiger partial charge in [-0.1, -0.05) is 12.1 Å². The summed E-state index contributed by atoms with van der Waals surface area (Å²) in [5, 5.41) is 5.97. The van der Waals surface area contributed by atoms with Crippen molar-refractivity contribution in [1.82, 2.24) is 19.8 Å². The van der Waals surface area contributed by atoms with Crippen LogP contribution in [-0.2, 0) is 0 Å². The van der Waals surface area contributed by atoms with E-state index in [4.69, 9.17) is 28.7 Å². The van der Waals surface area contributed by atoms with Crippen LogP contribution >= 0.6 is 0 Å². The fourth-order valence-electron chi connectivity index (χ4n) is 5.39. The monoisotopic (exact) mass is 656 g/mol. The summed E-state index contributed by atoms with van der Waals surface area (Å²) in [5.41, 5.74) is 5.97. The van der Waals surface area contributed by atoms with Gasteiger partial charge in [-0.25, -0.2) is 9.78 Å². The Morgan fingerprint density at radius 3 is 2.31 bits per heavy atom. The van der Waals surface area contributed by atoms with Crippen LogP contribution in [0.4, 0.5) is 22.1 Å². The number of rotatable bonds is 12. The number of piperazine rings is 1. The third kappa shape index (κ3) is 8.44. The Labute approximate surface area is 281 Å². The first-order valence-electron chi connectivity index (χ1n) is 15.8. The molecule has 1 fully saturated rings. The molecule has 0 bridgehead atoms. The maximum absolute atomic E-state index is 13.1. The zero-order chi connectivity index (χ0) is 34.2. The molecule has 3 aromatic carbocycles. The van der Waals surface area contributed by atoms with Gasteiger partial charge in [-0.2, -0.15) is 4.98 Å². The SMILES string of the molecule is COc1ccc(NC(=O)Oc2cc(-c3ccc(C)c(C)c3C)nc(Nc3ccc(OCCN4CCN(C)CC4)c(OC)c3)n2)c(OC)c1. The number of carbonyl (C=O) groups is 1. The fourth-order valence-corrected chi connectivity index (χ4v) is 5.39. The van der Waals surface area contributed by atoms with Crippen LogP contribution < -0.4 is 34.3 Å². The number of nitrogens with one attached hydrogen (secondary N) is 2. The quantitative estimate of drug-likeness (QED) is 0.185. The standard InChI is InChI=1S/C36H44N6O6/c1-23-8-11-28(25(3)24(23)2)30-22-34(48-36(43)39-29-12-10-27(44-5)21-32(29)45-6)40-35(38-30)37-26-9-13-31(33(20-26)46-7)47-19-18-42-16-14-41(4)15-17-42/h8-13,20-22H,14-19H2,1-7H3,(H,39,43)(H,37,38,40). The van der Waals surface area contributed by atoms with Gasteiger partial charge in [0.25, 0.3) is 0 Å². The summed E-state index contributed by atoms with van der Waals surface area (Å²) in [6.45, 7) is 11.8. The number of methoxy groups -OCH3 is 3. The number of ether oxygens (including phenoxy) is 5. The van der Waals surface area contributed by atoms with Crippen LogP contribution in [0, 0.1) is 20.8 Å². The smallest absolute Gasteiger partial charge is 0.418 e. The van der Waals surface area contributed by atoms with E-state index >= 15 is 0 Å². The summed E-state index contributed by atoms with van der Waals surface area (Å²) in [5.74, 6) is 2.52. The summed E-state index contributed by atoms with van der Waals surface area (Å²) >= 11 is 0. The molecule has 1 saturated heterocycles. The second kappa shape index (κ2) is 15.7. The van der Waals surface area contributed by atoms with Gasteiger partial charge in [0.2, 0.25) is 11.8 Å². The number of likely N-dealkylation sites (N-methyl/N-ethyl adjacent to an activating group) is 1. The molecule has 2 N–H and O–H groups in total. The summed E-state index contributed by atoms with van der Waals surface area (Å²) in [6, 6.07) is 16.3. The fraction of sp³-hybridized carbons (Fsp3) is 0.361. The molecule has 0 atom stereocenters. The molecule has 1 aliphatic heterocycles. The Bertz CT molecular complexity index is 1740. The molecule has 5 rings (SSSR count). The lowest BCUT2D eigenvalue weighted by Gasteiger charge is -2.32. The second-order valence-electron chi connectivity index (χ2n) is 11.7. The highest BCUT2D eigenvalue weighted by Gasteiger charge is 2.18. The molecule has 1 aromatic heterocycles. The van der Waals surface area contributed by atoms with E-state index in [0.29, 0.717) is 46.7 Å². The lowest BCUT2D eigenvalue weighted by Crippen LogP contribution is -2.45. The Kier molecular flexibility index (Phi) is 11.2. The molecule has 48 heavy (non-hydrogen) atoms. The number of anilines is 3. The van der Waals surface area contributed by atoms with Crippen molar-refractivity contribution < 1.29 is 28.5 Å². The minimum atomic E-state index is -0.745. The first kappa shape index (κ1) is 34.3.